The zero-order chi connectivity index (χ0) is 13.5. The molecule has 5 heteroatoms. The van der Waals surface area contributed by atoms with Gasteiger partial charge in [-0.25, -0.2) is 0 Å². The summed E-state index contributed by atoms with van der Waals surface area (Å²) in [5, 5.41) is 14.2. The van der Waals surface area contributed by atoms with Gasteiger partial charge in [0, 0.05) is 13.1 Å². The van der Waals surface area contributed by atoms with Crippen LogP contribution in [-0.2, 0) is 6.54 Å². The van der Waals surface area contributed by atoms with E-state index < -0.39 is 0 Å². The van der Waals surface area contributed by atoms with Gasteiger partial charge in [0.05, 0.1) is 6.20 Å². The van der Waals surface area contributed by atoms with Gasteiger partial charge in [-0.2, -0.15) is 10.1 Å². The average molecular weight is 257 g/mol. The molecule has 5 nitrogen and oxygen atoms in total. The molecule has 2 N–H and O–H groups in total. The van der Waals surface area contributed by atoms with Gasteiger partial charge >= 0.3 is 0 Å². The summed E-state index contributed by atoms with van der Waals surface area (Å²) in [4.78, 5) is 4.35. The zero-order valence-corrected chi connectivity index (χ0v) is 11.3. The molecule has 1 heterocycles. The molecular weight excluding hydrogens is 238 g/mol. The van der Waals surface area contributed by atoms with Crippen LogP contribution >= 0.6 is 0 Å². The van der Waals surface area contributed by atoms with Gasteiger partial charge in [-0.05, 0) is 18.9 Å². The molecule has 0 radical (unpaired) electrons. The highest BCUT2D eigenvalue weighted by atomic mass is 15.3. The molecule has 19 heavy (non-hydrogen) atoms. The van der Waals surface area contributed by atoms with Crippen molar-refractivity contribution < 1.29 is 0 Å². The topological polar surface area (TPSA) is 62.7 Å². The van der Waals surface area contributed by atoms with Crippen LogP contribution in [0, 0.1) is 6.92 Å². The Balaban J connectivity index is 1.93. The van der Waals surface area contributed by atoms with Crippen molar-refractivity contribution in [2.75, 3.05) is 17.2 Å². The SMILES string of the molecule is CCCNc1nncc(NCc2ccc(C)cc2)n1. The fourth-order valence-corrected chi connectivity index (χ4v) is 1.60. The van der Waals surface area contributed by atoms with Crippen LogP contribution in [0.25, 0.3) is 0 Å². The third-order valence-corrected chi connectivity index (χ3v) is 2.69. The highest BCUT2D eigenvalue weighted by molar-refractivity contribution is 5.38. The number of aromatic nitrogens is 3. The molecule has 0 saturated carbocycles. The third-order valence-electron chi connectivity index (χ3n) is 2.69. The Bertz CT molecular complexity index is 509. The van der Waals surface area contributed by atoms with E-state index in [2.05, 4.69) is 63.9 Å². The van der Waals surface area contributed by atoms with E-state index in [1.807, 2.05) is 0 Å². The van der Waals surface area contributed by atoms with Gasteiger partial charge in [0.1, 0.15) is 0 Å². The molecule has 1 aromatic carbocycles. The lowest BCUT2D eigenvalue weighted by Gasteiger charge is -2.07. The maximum Gasteiger partial charge on any atom is 0.244 e. The average Bonchev–Trinajstić information content (AvgIpc) is 2.45. The molecule has 2 rings (SSSR count). The van der Waals surface area contributed by atoms with Gasteiger partial charge in [-0.3, -0.25) is 0 Å². The second kappa shape index (κ2) is 6.68. The lowest BCUT2D eigenvalue weighted by molar-refractivity contribution is 0.907. The predicted octanol–water partition coefficient (Wildman–Crippen LogP) is 2.61. The molecule has 0 aliphatic carbocycles. The van der Waals surface area contributed by atoms with Crippen molar-refractivity contribution in [1.82, 2.24) is 15.2 Å². The molecule has 2 aromatic rings. The Labute approximate surface area is 113 Å². The van der Waals surface area contributed by atoms with Crippen molar-refractivity contribution in [1.29, 1.82) is 0 Å². The molecule has 0 unspecified atom stereocenters. The van der Waals surface area contributed by atoms with Crippen molar-refractivity contribution in [3.8, 4) is 0 Å². The van der Waals surface area contributed by atoms with E-state index in [1.54, 1.807) is 6.20 Å². The van der Waals surface area contributed by atoms with E-state index in [4.69, 9.17) is 0 Å². The van der Waals surface area contributed by atoms with E-state index in [0.29, 0.717) is 5.95 Å². The first-order valence-corrected chi connectivity index (χ1v) is 6.51. The van der Waals surface area contributed by atoms with Gasteiger partial charge < -0.3 is 10.6 Å². The summed E-state index contributed by atoms with van der Waals surface area (Å²) in [5.74, 6) is 1.30. The Morgan fingerprint density at radius 1 is 1.11 bits per heavy atom. The normalized spacial score (nSPS) is 10.2. The minimum Gasteiger partial charge on any atom is -0.365 e. The molecule has 0 spiro atoms. The summed E-state index contributed by atoms with van der Waals surface area (Å²) in [6.07, 6.45) is 2.66. The molecule has 100 valence electrons. The molecular formula is C14H19N5. The smallest absolute Gasteiger partial charge is 0.244 e. The number of hydrogen-bond acceptors (Lipinski definition) is 5. The lowest BCUT2D eigenvalue weighted by atomic mass is 10.1. The fourth-order valence-electron chi connectivity index (χ4n) is 1.60. The van der Waals surface area contributed by atoms with E-state index in [9.17, 15) is 0 Å². The number of anilines is 2. The Morgan fingerprint density at radius 2 is 1.89 bits per heavy atom. The summed E-state index contributed by atoms with van der Waals surface area (Å²) < 4.78 is 0. The van der Waals surface area contributed by atoms with Crippen molar-refractivity contribution in [3.63, 3.8) is 0 Å². The quantitative estimate of drug-likeness (QED) is 0.833. The van der Waals surface area contributed by atoms with E-state index >= 15 is 0 Å². The minimum atomic E-state index is 0.566. The summed E-state index contributed by atoms with van der Waals surface area (Å²) in [6, 6.07) is 8.41. The maximum atomic E-state index is 4.35. The number of rotatable bonds is 6. The summed E-state index contributed by atoms with van der Waals surface area (Å²) in [5.41, 5.74) is 2.48. The molecule has 0 aliphatic heterocycles. The van der Waals surface area contributed by atoms with Crippen molar-refractivity contribution in [3.05, 3.63) is 41.6 Å². The van der Waals surface area contributed by atoms with Gasteiger partial charge in [0.2, 0.25) is 5.95 Å². The van der Waals surface area contributed by atoms with Gasteiger partial charge in [0.15, 0.2) is 5.82 Å². The molecule has 0 atom stereocenters. The number of benzene rings is 1. The number of nitrogens with zero attached hydrogens (tertiary/aromatic N) is 3. The minimum absolute atomic E-state index is 0.566. The van der Waals surface area contributed by atoms with E-state index in [1.165, 1.54) is 11.1 Å². The highest BCUT2D eigenvalue weighted by Crippen LogP contribution is 2.08. The zero-order valence-electron chi connectivity index (χ0n) is 11.3. The molecule has 1 aromatic heterocycles. The summed E-state index contributed by atoms with van der Waals surface area (Å²) in [7, 11) is 0. The Kier molecular flexibility index (Phi) is 4.66. The van der Waals surface area contributed by atoms with Crippen molar-refractivity contribution >= 4 is 11.8 Å². The lowest BCUT2D eigenvalue weighted by Crippen LogP contribution is -2.08. The van der Waals surface area contributed by atoms with Gasteiger partial charge in [0.25, 0.3) is 0 Å². The largest absolute Gasteiger partial charge is 0.365 e. The fraction of sp³-hybridized carbons (Fsp3) is 0.357. The van der Waals surface area contributed by atoms with Gasteiger partial charge in [-0.15, -0.1) is 5.10 Å². The molecule has 0 amide bonds. The van der Waals surface area contributed by atoms with Crippen LogP contribution in [0.5, 0.6) is 0 Å². The molecule has 0 aliphatic rings. The Hall–Kier alpha value is -2.17. The Morgan fingerprint density at radius 3 is 2.63 bits per heavy atom. The van der Waals surface area contributed by atoms with Crippen LogP contribution in [-0.4, -0.2) is 21.7 Å². The first-order chi connectivity index (χ1) is 9.28. The number of hydrogen-bond donors (Lipinski definition) is 2. The van der Waals surface area contributed by atoms with Crippen LogP contribution in [0.2, 0.25) is 0 Å². The van der Waals surface area contributed by atoms with Crippen molar-refractivity contribution in [2.24, 2.45) is 0 Å². The van der Waals surface area contributed by atoms with Crippen LogP contribution in [0.1, 0.15) is 24.5 Å². The van der Waals surface area contributed by atoms with Gasteiger partial charge in [-0.1, -0.05) is 36.8 Å². The monoisotopic (exact) mass is 257 g/mol. The van der Waals surface area contributed by atoms with Crippen LogP contribution in [0.4, 0.5) is 11.8 Å². The predicted molar refractivity (Wildman–Crippen MR) is 77.1 cm³/mol. The molecule has 0 fully saturated rings. The number of nitrogens with one attached hydrogen (secondary N) is 2. The first-order valence-electron chi connectivity index (χ1n) is 6.51. The van der Waals surface area contributed by atoms with Crippen LogP contribution in [0.15, 0.2) is 30.5 Å². The second-order valence-electron chi connectivity index (χ2n) is 4.43. The van der Waals surface area contributed by atoms with Crippen LogP contribution < -0.4 is 10.6 Å². The highest BCUT2D eigenvalue weighted by Gasteiger charge is 1.99. The van der Waals surface area contributed by atoms with E-state index in [-0.39, 0.29) is 0 Å². The first kappa shape index (κ1) is 13.3. The molecule has 0 bridgehead atoms. The van der Waals surface area contributed by atoms with E-state index in [0.717, 1.165) is 25.3 Å². The summed E-state index contributed by atoms with van der Waals surface area (Å²) in [6.45, 7) is 5.76. The van der Waals surface area contributed by atoms with Crippen LogP contribution in [0.3, 0.4) is 0 Å². The second-order valence-corrected chi connectivity index (χ2v) is 4.43. The number of aryl methyl sites for hydroxylation is 1. The molecule has 0 saturated heterocycles. The van der Waals surface area contributed by atoms with Crippen molar-refractivity contribution in [2.45, 2.75) is 26.8 Å². The maximum absolute atomic E-state index is 4.35. The standard InChI is InChI=1S/C14H19N5/c1-3-8-15-14-18-13(10-17-19-14)16-9-12-6-4-11(2)5-7-12/h4-7,10H,3,8-9H2,1-2H3,(H2,15,16,18,19). The third kappa shape index (κ3) is 4.21. The summed E-state index contributed by atoms with van der Waals surface area (Å²) >= 11 is 0.